The lowest BCUT2D eigenvalue weighted by atomic mass is 10.2. The van der Waals surface area contributed by atoms with Gasteiger partial charge in [0.2, 0.25) is 5.91 Å². The van der Waals surface area contributed by atoms with Crippen LogP contribution < -0.4 is 14.4 Å². The van der Waals surface area contributed by atoms with Crippen LogP contribution in [0.15, 0.2) is 30.0 Å². The Labute approximate surface area is 193 Å². The first-order valence-electron chi connectivity index (χ1n) is 11.5. The van der Waals surface area contributed by atoms with Crippen LogP contribution in [0.3, 0.4) is 0 Å². The van der Waals surface area contributed by atoms with E-state index in [1.54, 1.807) is 11.0 Å². The minimum Gasteiger partial charge on any atom is -0.490 e. The molecule has 2 aliphatic rings. The lowest BCUT2D eigenvalue weighted by molar-refractivity contribution is -0.141. The summed E-state index contributed by atoms with van der Waals surface area (Å²) in [6.45, 7) is 6.63. The van der Waals surface area contributed by atoms with Crippen molar-refractivity contribution in [3.63, 3.8) is 0 Å². The normalized spacial score (nSPS) is 15.8. The maximum absolute atomic E-state index is 13.0. The summed E-state index contributed by atoms with van der Waals surface area (Å²) in [7, 11) is 0. The van der Waals surface area contributed by atoms with Crippen LogP contribution in [0.25, 0.3) is 0 Å². The fourth-order valence-electron chi connectivity index (χ4n) is 3.82. The molecule has 1 aromatic carbocycles. The van der Waals surface area contributed by atoms with E-state index in [0.717, 1.165) is 42.7 Å². The second kappa shape index (κ2) is 11.0. The van der Waals surface area contributed by atoms with Gasteiger partial charge in [-0.3, -0.25) is 14.4 Å². The zero-order chi connectivity index (χ0) is 24.0. The lowest BCUT2D eigenvalue weighted by Gasteiger charge is -2.24. The quantitative estimate of drug-likeness (QED) is 0.373. The maximum atomic E-state index is 13.0. The molecule has 1 fully saturated rings. The Morgan fingerprint density at radius 1 is 1.00 bits per heavy atom. The molecule has 0 N–H and O–H groups in total. The van der Waals surface area contributed by atoms with Crippen LogP contribution in [0, 0.1) is 0 Å². The van der Waals surface area contributed by atoms with Gasteiger partial charge in [0.25, 0.3) is 0 Å². The van der Waals surface area contributed by atoms with E-state index in [-0.39, 0.29) is 5.69 Å². The number of ether oxygens (including phenoxy) is 2. The Hall–Kier alpha value is -3.36. The molecule has 33 heavy (non-hydrogen) atoms. The molecule has 0 bridgehead atoms. The molecule has 0 radical (unpaired) electrons. The van der Waals surface area contributed by atoms with Crippen molar-refractivity contribution < 1.29 is 28.7 Å². The van der Waals surface area contributed by atoms with Crippen molar-refractivity contribution in [2.45, 2.75) is 52.9 Å². The maximum Gasteiger partial charge on any atom is 0.339 e. The van der Waals surface area contributed by atoms with E-state index in [4.69, 9.17) is 9.47 Å². The van der Waals surface area contributed by atoms with Gasteiger partial charge in [0.15, 0.2) is 11.5 Å². The molecular formula is C24H31N3O6. The molecular weight excluding hydrogens is 426 g/mol. The molecule has 5 amide bonds. The van der Waals surface area contributed by atoms with Gasteiger partial charge in [0, 0.05) is 18.3 Å². The first-order valence-corrected chi connectivity index (χ1v) is 11.5. The van der Waals surface area contributed by atoms with E-state index in [0.29, 0.717) is 36.2 Å². The molecule has 0 aromatic heterocycles. The highest BCUT2D eigenvalue weighted by atomic mass is 16.5. The number of nitrogens with zero attached hydrogens (tertiary/aromatic N) is 3. The van der Waals surface area contributed by atoms with Gasteiger partial charge in [-0.2, -0.15) is 0 Å². The van der Waals surface area contributed by atoms with E-state index < -0.39 is 30.3 Å². The second-order valence-corrected chi connectivity index (χ2v) is 7.87. The Morgan fingerprint density at radius 2 is 1.70 bits per heavy atom. The smallest absolute Gasteiger partial charge is 0.339 e. The fraction of sp³-hybridized carbons (Fsp3) is 0.500. The molecule has 1 saturated heterocycles. The van der Waals surface area contributed by atoms with Gasteiger partial charge >= 0.3 is 17.8 Å². The molecule has 0 atom stereocenters. The fourth-order valence-corrected chi connectivity index (χ4v) is 3.82. The number of rotatable bonds is 11. The van der Waals surface area contributed by atoms with Crippen molar-refractivity contribution in [1.29, 1.82) is 0 Å². The predicted molar refractivity (Wildman–Crippen MR) is 122 cm³/mol. The predicted octanol–water partition coefficient (Wildman–Crippen LogP) is 3.48. The van der Waals surface area contributed by atoms with Crippen LogP contribution in [-0.2, 0) is 14.4 Å². The molecule has 1 aromatic rings. The molecule has 1 heterocycles. The van der Waals surface area contributed by atoms with Gasteiger partial charge in [-0.1, -0.05) is 19.9 Å². The standard InChI is InChI=1S/C24H31N3O6/c1-4-13-32-19-12-11-18(15-20(19)33-14-5-2)27-23(30)22(29)26(24(27)31)16-21(28)25(6-3)17-9-7-8-10-17/h9,11-12,15H,4-8,10,13-14,16H2,1-3H3. The summed E-state index contributed by atoms with van der Waals surface area (Å²) < 4.78 is 11.4. The molecule has 9 heteroatoms. The van der Waals surface area contributed by atoms with Crippen molar-refractivity contribution >= 4 is 29.4 Å². The van der Waals surface area contributed by atoms with Gasteiger partial charge in [0.1, 0.15) is 6.54 Å². The number of imide groups is 2. The van der Waals surface area contributed by atoms with Gasteiger partial charge in [-0.25, -0.2) is 14.6 Å². The van der Waals surface area contributed by atoms with Crippen LogP contribution in [-0.4, -0.2) is 59.9 Å². The molecule has 178 valence electrons. The second-order valence-electron chi connectivity index (χ2n) is 7.87. The Bertz CT molecular complexity index is 958. The molecule has 1 aliphatic heterocycles. The Balaban J connectivity index is 1.81. The van der Waals surface area contributed by atoms with Gasteiger partial charge in [-0.15, -0.1) is 0 Å². The number of anilines is 1. The summed E-state index contributed by atoms with van der Waals surface area (Å²) in [5.74, 6) is -1.53. The van der Waals surface area contributed by atoms with E-state index in [2.05, 4.69) is 0 Å². The third-order valence-electron chi connectivity index (χ3n) is 5.44. The summed E-state index contributed by atoms with van der Waals surface area (Å²) in [5.41, 5.74) is 1.08. The van der Waals surface area contributed by atoms with Crippen LogP contribution in [0.4, 0.5) is 10.5 Å². The van der Waals surface area contributed by atoms with Crippen LogP contribution in [0.1, 0.15) is 52.9 Å². The first kappa shape index (κ1) is 24.3. The highest BCUT2D eigenvalue weighted by Gasteiger charge is 2.46. The minimum absolute atomic E-state index is 0.189. The van der Waals surface area contributed by atoms with Crippen LogP contribution in [0.2, 0.25) is 0 Å². The number of benzene rings is 1. The molecule has 0 unspecified atom stereocenters. The number of allylic oxidation sites excluding steroid dienone is 2. The summed E-state index contributed by atoms with van der Waals surface area (Å²) in [6, 6.07) is 3.80. The average molecular weight is 458 g/mol. The highest BCUT2D eigenvalue weighted by Crippen LogP contribution is 2.34. The number of hydrogen-bond acceptors (Lipinski definition) is 6. The van der Waals surface area contributed by atoms with E-state index in [9.17, 15) is 19.2 Å². The first-order chi connectivity index (χ1) is 15.9. The third-order valence-corrected chi connectivity index (χ3v) is 5.44. The lowest BCUT2D eigenvalue weighted by Crippen LogP contribution is -2.43. The van der Waals surface area contributed by atoms with Crippen molar-refractivity contribution in [2.24, 2.45) is 0 Å². The number of amides is 5. The van der Waals surface area contributed by atoms with Crippen LogP contribution in [0.5, 0.6) is 11.5 Å². The Morgan fingerprint density at radius 3 is 2.30 bits per heavy atom. The Kier molecular flexibility index (Phi) is 8.08. The number of urea groups is 1. The molecule has 1 aliphatic carbocycles. The summed E-state index contributed by atoms with van der Waals surface area (Å²) in [6.07, 6.45) is 6.20. The van der Waals surface area contributed by atoms with E-state index in [1.165, 1.54) is 12.1 Å². The van der Waals surface area contributed by atoms with Crippen LogP contribution >= 0.6 is 0 Å². The van der Waals surface area contributed by atoms with Gasteiger partial charge < -0.3 is 14.4 Å². The zero-order valence-corrected chi connectivity index (χ0v) is 19.5. The number of likely N-dealkylation sites (N-methyl/N-ethyl adjacent to an activating group) is 1. The van der Waals surface area contributed by atoms with Crippen molar-refractivity contribution in [2.75, 3.05) is 31.2 Å². The SMILES string of the molecule is CCCOc1ccc(N2C(=O)C(=O)N(CC(=O)N(CC)C3=CCCC3)C2=O)cc1OCCC. The van der Waals surface area contributed by atoms with Gasteiger partial charge in [0.05, 0.1) is 18.9 Å². The number of carbonyl (C=O) groups excluding carboxylic acids is 4. The summed E-state index contributed by atoms with van der Waals surface area (Å²) >= 11 is 0. The zero-order valence-electron chi connectivity index (χ0n) is 19.5. The number of hydrogen-bond donors (Lipinski definition) is 0. The van der Waals surface area contributed by atoms with Crippen molar-refractivity contribution in [3.05, 3.63) is 30.0 Å². The number of carbonyl (C=O) groups is 4. The van der Waals surface area contributed by atoms with E-state index >= 15 is 0 Å². The topological polar surface area (TPSA) is 96.5 Å². The largest absolute Gasteiger partial charge is 0.490 e. The summed E-state index contributed by atoms with van der Waals surface area (Å²) in [4.78, 5) is 54.2. The third kappa shape index (κ3) is 5.18. The monoisotopic (exact) mass is 457 g/mol. The van der Waals surface area contributed by atoms with Crippen molar-refractivity contribution in [1.82, 2.24) is 9.80 Å². The molecule has 0 spiro atoms. The molecule has 9 nitrogen and oxygen atoms in total. The van der Waals surface area contributed by atoms with E-state index in [1.807, 2.05) is 26.8 Å². The highest BCUT2D eigenvalue weighted by molar-refractivity contribution is 6.53. The average Bonchev–Trinajstić information content (AvgIpc) is 3.41. The molecule has 0 saturated carbocycles. The molecule has 3 rings (SSSR count). The summed E-state index contributed by atoms with van der Waals surface area (Å²) in [5, 5.41) is 0. The van der Waals surface area contributed by atoms with Crippen molar-refractivity contribution in [3.8, 4) is 11.5 Å². The van der Waals surface area contributed by atoms with Gasteiger partial charge in [-0.05, 0) is 51.2 Å². The minimum atomic E-state index is -1.02.